The van der Waals surface area contributed by atoms with Crippen LogP contribution < -0.4 is 10.3 Å². The first-order valence-corrected chi connectivity index (χ1v) is 9.76. The Morgan fingerprint density at radius 3 is 2.47 bits per heavy atom. The fourth-order valence-corrected chi connectivity index (χ4v) is 4.19. The van der Waals surface area contributed by atoms with Crippen LogP contribution in [0, 0.1) is 10.1 Å². The molecule has 30 heavy (non-hydrogen) atoms. The highest BCUT2D eigenvalue weighted by molar-refractivity contribution is 5.95. The third-order valence-corrected chi connectivity index (χ3v) is 5.94. The van der Waals surface area contributed by atoms with Crippen molar-refractivity contribution in [3.8, 4) is 0 Å². The number of nitrogens with zero attached hydrogens (tertiary/aromatic N) is 3. The second kappa shape index (κ2) is 7.69. The lowest BCUT2D eigenvalue weighted by atomic mass is 10.0. The van der Waals surface area contributed by atoms with Gasteiger partial charge in [-0.15, -0.1) is 0 Å². The average Bonchev–Trinajstić information content (AvgIpc) is 3.57. The topological polar surface area (TPSA) is 124 Å². The van der Waals surface area contributed by atoms with Crippen LogP contribution in [0.5, 0.6) is 0 Å². The largest absolute Gasteiger partial charge is 0.477 e. The number of nitro groups is 1. The number of benzene rings is 1. The van der Waals surface area contributed by atoms with Crippen LogP contribution in [0.1, 0.15) is 35.7 Å². The Morgan fingerprint density at radius 2 is 1.90 bits per heavy atom. The predicted molar refractivity (Wildman–Crippen MR) is 109 cm³/mol. The number of carboxylic acid groups (broad SMARTS) is 1. The summed E-state index contributed by atoms with van der Waals surface area (Å²) in [5, 5.41) is 21.3. The zero-order chi connectivity index (χ0) is 21.6. The van der Waals surface area contributed by atoms with E-state index >= 15 is 0 Å². The van der Waals surface area contributed by atoms with E-state index in [4.69, 9.17) is 9.47 Å². The molecular formula is C20H23N3O7. The summed E-state index contributed by atoms with van der Waals surface area (Å²) in [6.07, 6.45) is 3.38. The summed E-state index contributed by atoms with van der Waals surface area (Å²) in [4.78, 5) is 37.5. The lowest BCUT2D eigenvalue weighted by Gasteiger charge is -2.38. The molecule has 2 fully saturated rings. The molecule has 10 heteroatoms. The number of fused-ring (bicyclic) bond motifs is 1. The smallest absolute Gasteiger partial charge is 0.341 e. The highest BCUT2D eigenvalue weighted by Gasteiger charge is 2.34. The third-order valence-electron chi connectivity index (χ3n) is 5.94. The van der Waals surface area contributed by atoms with Crippen molar-refractivity contribution in [2.45, 2.75) is 37.5 Å². The Labute approximate surface area is 171 Å². The number of aromatic nitrogens is 1. The van der Waals surface area contributed by atoms with Gasteiger partial charge in [0.1, 0.15) is 17.4 Å². The van der Waals surface area contributed by atoms with Gasteiger partial charge < -0.3 is 24.0 Å². The number of hydrogen-bond donors (Lipinski definition) is 1. The number of carboxylic acids is 1. The predicted octanol–water partition coefficient (Wildman–Crippen LogP) is 2.18. The summed E-state index contributed by atoms with van der Waals surface area (Å²) in [5.74, 6) is -1.34. The van der Waals surface area contributed by atoms with Crippen molar-refractivity contribution < 1.29 is 24.3 Å². The van der Waals surface area contributed by atoms with Crippen molar-refractivity contribution >= 4 is 28.2 Å². The van der Waals surface area contributed by atoms with E-state index in [-0.39, 0.29) is 34.9 Å². The maximum Gasteiger partial charge on any atom is 0.341 e. The number of piperidine rings is 1. The van der Waals surface area contributed by atoms with Crippen molar-refractivity contribution in [1.29, 1.82) is 0 Å². The van der Waals surface area contributed by atoms with Crippen molar-refractivity contribution in [2.75, 3.05) is 32.2 Å². The molecular weight excluding hydrogens is 394 g/mol. The Kier molecular flexibility index (Phi) is 5.20. The van der Waals surface area contributed by atoms with Crippen molar-refractivity contribution in [3.63, 3.8) is 0 Å². The molecule has 2 atom stereocenters. The van der Waals surface area contributed by atoms with Crippen molar-refractivity contribution in [3.05, 3.63) is 44.2 Å². The summed E-state index contributed by atoms with van der Waals surface area (Å²) in [6, 6.07) is 2.94. The van der Waals surface area contributed by atoms with Gasteiger partial charge in [-0.2, -0.15) is 0 Å². The molecule has 0 bridgehead atoms. The van der Waals surface area contributed by atoms with Gasteiger partial charge in [-0.3, -0.25) is 14.9 Å². The van der Waals surface area contributed by atoms with Gasteiger partial charge in [-0.05, 0) is 25.3 Å². The molecule has 1 aliphatic heterocycles. The number of carbonyl (C=O) groups is 1. The number of methoxy groups -OCH3 is 2. The Hall–Kier alpha value is -2.98. The van der Waals surface area contributed by atoms with Gasteiger partial charge in [0.05, 0.1) is 21.9 Å². The fraction of sp³-hybridized carbons (Fsp3) is 0.500. The highest BCUT2D eigenvalue weighted by Crippen LogP contribution is 2.40. The summed E-state index contributed by atoms with van der Waals surface area (Å²) >= 11 is 0. The highest BCUT2D eigenvalue weighted by atomic mass is 16.6. The fourth-order valence-electron chi connectivity index (χ4n) is 4.19. The lowest BCUT2D eigenvalue weighted by Crippen LogP contribution is -2.48. The molecule has 2 aromatic rings. The molecule has 0 radical (unpaired) electrons. The van der Waals surface area contributed by atoms with Crippen molar-refractivity contribution in [1.82, 2.24) is 4.57 Å². The average molecular weight is 417 g/mol. The van der Waals surface area contributed by atoms with Crippen LogP contribution in [0.3, 0.4) is 0 Å². The first kappa shape index (κ1) is 20.3. The number of nitro benzene ring substituents is 1. The first-order valence-electron chi connectivity index (χ1n) is 9.76. The molecule has 2 aliphatic rings. The molecule has 160 valence electrons. The van der Waals surface area contributed by atoms with E-state index in [9.17, 15) is 24.8 Å². The van der Waals surface area contributed by atoms with E-state index < -0.39 is 16.3 Å². The minimum Gasteiger partial charge on any atom is -0.477 e. The second-order valence-electron chi connectivity index (χ2n) is 7.71. The van der Waals surface area contributed by atoms with Gasteiger partial charge in [0.25, 0.3) is 5.69 Å². The van der Waals surface area contributed by atoms with E-state index in [1.54, 1.807) is 24.9 Å². The molecule has 1 saturated heterocycles. The van der Waals surface area contributed by atoms with Gasteiger partial charge >= 0.3 is 5.97 Å². The number of rotatable bonds is 6. The number of anilines is 1. The van der Waals surface area contributed by atoms with Crippen LogP contribution >= 0.6 is 0 Å². The van der Waals surface area contributed by atoms with Gasteiger partial charge in [0, 0.05) is 45.6 Å². The van der Waals surface area contributed by atoms with E-state index in [1.807, 2.05) is 4.90 Å². The number of hydrogen-bond acceptors (Lipinski definition) is 7. The van der Waals surface area contributed by atoms with Crippen LogP contribution in [0.4, 0.5) is 11.4 Å². The summed E-state index contributed by atoms with van der Waals surface area (Å²) in [6.45, 7) is 0.938. The summed E-state index contributed by atoms with van der Waals surface area (Å²) < 4.78 is 12.7. The summed E-state index contributed by atoms with van der Waals surface area (Å²) in [5.41, 5.74) is -0.416. The zero-order valence-corrected chi connectivity index (χ0v) is 16.7. The monoisotopic (exact) mass is 417 g/mol. The summed E-state index contributed by atoms with van der Waals surface area (Å²) in [7, 11) is 3.19. The Morgan fingerprint density at radius 1 is 1.20 bits per heavy atom. The minimum atomic E-state index is -1.34. The van der Waals surface area contributed by atoms with Gasteiger partial charge in [0.2, 0.25) is 5.43 Å². The van der Waals surface area contributed by atoms with Crippen LogP contribution in [-0.2, 0) is 9.47 Å². The molecule has 2 heterocycles. The molecule has 10 nitrogen and oxygen atoms in total. The Balaban J connectivity index is 1.90. The van der Waals surface area contributed by atoms with Gasteiger partial charge in [-0.1, -0.05) is 0 Å². The van der Waals surface area contributed by atoms with Crippen LogP contribution in [0.2, 0.25) is 0 Å². The van der Waals surface area contributed by atoms with Crippen molar-refractivity contribution in [2.24, 2.45) is 0 Å². The van der Waals surface area contributed by atoms with Gasteiger partial charge in [-0.25, -0.2) is 4.79 Å². The molecule has 4 rings (SSSR count). The second-order valence-corrected chi connectivity index (χ2v) is 7.71. The van der Waals surface area contributed by atoms with E-state index in [0.29, 0.717) is 30.7 Å². The van der Waals surface area contributed by atoms with Crippen LogP contribution in [0.25, 0.3) is 10.9 Å². The maximum absolute atomic E-state index is 12.7. The molecule has 1 aliphatic carbocycles. The van der Waals surface area contributed by atoms with E-state index in [2.05, 4.69) is 0 Å². The number of aromatic carboxylic acids is 1. The van der Waals surface area contributed by atoms with Gasteiger partial charge in [0.15, 0.2) is 0 Å². The Bertz CT molecular complexity index is 1080. The normalized spacial score (nSPS) is 21.7. The molecule has 1 aromatic heterocycles. The van der Waals surface area contributed by atoms with E-state index in [0.717, 1.165) is 12.8 Å². The third kappa shape index (κ3) is 3.41. The first-order chi connectivity index (χ1) is 14.3. The molecule has 0 spiro atoms. The van der Waals surface area contributed by atoms with Crippen LogP contribution in [-0.4, -0.2) is 60.1 Å². The maximum atomic E-state index is 12.7. The number of ether oxygens (including phenoxy) is 2. The SMILES string of the molecule is COC1CCN(c2cc3c(cc2[N+](=O)[O-])c(=O)c(C(=O)O)cn3C2CC2)CC1OC. The molecule has 0 amide bonds. The minimum absolute atomic E-state index is 0.0484. The molecule has 1 N–H and O–H groups in total. The van der Waals surface area contributed by atoms with Crippen LogP contribution in [0.15, 0.2) is 23.1 Å². The zero-order valence-electron chi connectivity index (χ0n) is 16.7. The molecule has 2 unspecified atom stereocenters. The molecule has 1 saturated carbocycles. The quantitative estimate of drug-likeness (QED) is 0.560. The standard InChI is InChI=1S/C20H23N3O7/c1-29-17-5-6-21(10-18(17)30-2)15-8-14-12(7-16(15)23(27)28)19(24)13(20(25)26)9-22(14)11-3-4-11/h7-9,11,17-18H,3-6,10H2,1-2H3,(H,25,26). The van der Waals surface area contributed by atoms with E-state index in [1.165, 1.54) is 12.3 Å². The lowest BCUT2D eigenvalue weighted by molar-refractivity contribution is -0.384. The molecule has 1 aromatic carbocycles. The number of pyridine rings is 1.